The molecule has 1 aromatic carbocycles. The van der Waals surface area contributed by atoms with E-state index in [0.29, 0.717) is 16.7 Å². The average Bonchev–Trinajstić information content (AvgIpc) is 3.27. The van der Waals surface area contributed by atoms with E-state index in [2.05, 4.69) is 10.2 Å². The van der Waals surface area contributed by atoms with Crippen LogP contribution < -0.4 is 4.90 Å². The molecule has 14 heteroatoms. The van der Waals surface area contributed by atoms with Crippen LogP contribution in [0.15, 0.2) is 42.6 Å². The van der Waals surface area contributed by atoms with Gasteiger partial charge in [0.15, 0.2) is 11.6 Å². The highest BCUT2D eigenvalue weighted by molar-refractivity contribution is 5.89. The van der Waals surface area contributed by atoms with Crippen LogP contribution in [0, 0.1) is 10.1 Å². The van der Waals surface area contributed by atoms with Gasteiger partial charge in [-0.3, -0.25) is 19.6 Å². The number of nitro benzene ring substituents is 1. The van der Waals surface area contributed by atoms with E-state index in [1.54, 1.807) is 97.3 Å². The lowest BCUT2D eigenvalue weighted by molar-refractivity contribution is -0.384. The molecular weight excluding hydrogens is 560 g/mol. The zero-order valence-electron chi connectivity index (χ0n) is 25.9. The topological polar surface area (TPSA) is 159 Å². The van der Waals surface area contributed by atoms with Gasteiger partial charge < -0.3 is 14.2 Å². The van der Waals surface area contributed by atoms with Crippen LogP contribution in [0.4, 0.5) is 25.9 Å². The van der Waals surface area contributed by atoms with Crippen molar-refractivity contribution in [2.45, 2.75) is 79.1 Å². The molecule has 3 amide bonds. The molecule has 2 heterocycles. The standard InChI is InChI=1S/C29H38N6O8/c1-27(2,3)34(26(38)41-17-16-33(24(36)42-28(4,5)6)25(37)43-29(7,8)9)23-13-12-22(30-31-23)32-15-14-19-18-20(35(39)40)10-11-21(19)32/h10-15,18H,16-17H2,1-9H3. The van der Waals surface area contributed by atoms with Gasteiger partial charge in [-0.15, -0.1) is 10.2 Å². The Balaban J connectivity index is 1.78. The number of rotatable bonds is 6. The van der Waals surface area contributed by atoms with Crippen molar-refractivity contribution in [1.29, 1.82) is 0 Å². The first-order valence-corrected chi connectivity index (χ1v) is 13.6. The summed E-state index contributed by atoms with van der Waals surface area (Å²) in [5.41, 5.74) is -1.85. The second-order valence-electron chi connectivity index (χ2n) is 12.7. The summed E-state index contributed by atoms with van der Waals surface area (Å²) in [6.07, 6.45) is -0.922. The smallest absolute Gasteiger partial charge is 0.419 e. The maximum Gasteiger partial charge on any atom is 0.419 e. The molecule has 0 bridgehead atoms. The van der Waals surface area contributed by atoms with E-state index in [0.717, 1.165) is 4.90 Å². The molecule has 0 aliphatic carbocycles. The van der Waals surface area contributed by atoms with Crippen LogP contribution in [0.5, 0.6) is 0 Å². The molecule has 0 spiro atoms. The highest BCUT2D eigenvalue weighted by Gasteiger charge is 2.34. The predicted molar refractivity (Wildman–Crippen MR) is 158 cm³/mol. The number of nitro groups is 1. The summed E-state index contributed by atoms with van der Waals surface area (Å²) in [7, 11) is 0. The van der Waals surface area contributed by atoms with Crippen molar-refractivity contribution in [3.8, 4) is 5.82 Å². The van der Waals surface area contributed by atoms with Gasteiger partial charge in [0.1, 0.15) is 17.8 Å². The fourth-order valence-corrected chi connectivity index (χ4v) is 3.90. The largest absolute Gasteiger partial charge is 0.447 e. The number of fused-ring (bicyclic) bond motifs is 1. The Hall–Kier alpha value is -4.75. The Morgan fingerprint density at radius 1 is 0.860 bits per heavy atom. The number of carbonyl (C=O) groups excluding carboxylic acids is 3. The number of non-ortho nitro benzene ring substituents is 1. The monoisotopic (exact) mass is 598 g/mol. The van der Waals surface area contributed by atoms with Gasteiger partial charge in [0.2, 0.25) is 0 Å². The van der Waals surface area contributed by atoms with Crippen molar-refractivity contribution in [3.63, 3.8) is 0 Å². The fourth-order valence-electron chi connectivity index (χ4n) is 3.90. The predicted octanol–water partition coefficient (Wildman–Crippen LogP) is 6.24. The molecule has 3 aromatic rings. The molecule has 43 heavy (non-hydrogen) atoms. The second kappa shape index (κ2) is 12.2. The van der Waals surface area contributed by atoms with Crippen LogP contribution in [0.3, 0.4) is 0 Å². The fraction of sp³-hybridized carbons (Fsp3) is 0.483. The first-order chi connectivity index (χ1) is 19.8. The van der Waals surface area contributed by atoms with Crippen molar-refractivity contribution in [3.05, 3.63) is 52.7 Å². The number of hydrogen-bond donors (Lipinski definition) is 0. The van der Waals surface area contributed by atoms with Crippen LogP contribution in [-0.4, -0.2) is 72.8 Å². The summed E-state index contributed by atoms with van der Waals surface area (Å²) in [5.74, 6) is 0.629. The van der Waals surface area contributed by atoms with Gasteiger partial charge in [0.25, 0.3) is 5.69 Å². The molecule has 0 unspecified atom stereocenters. The van der Waals surface area contributed by atoms with E-state index in [1.807, 2.05) is 0 Å². The summed E-state index contributed by atoms with van der Waals surface area (Å²) < 4.78 is 17.9. The highest BCUT2D eigenvalue weighted by Crippen LogP contribution is 2.26. The zero-order valence-corrected chi connectivity index (χ0v) is 25.9. The molecule has 0 radical (unpaired) electrons. The SMILES string of the molecule is CC(C)(C)OC(=O)N(CCOC(=O)N(c1ccc(-n2ccc3cc([N+](=O)[O-])ccc32)nn1)C(C)(C)C)C(=O)OC(C)(C)C. The number of carbonyl (C=O) groups is 3. The van der Waals surface area contributed by atoms with E-state index in [4.69, 9.17) is 14.2 Å². The lowest BCUT2D eigenvalue weighted by atomic mass is 10.1. The molecule has 3 rings (SSSR count). The van der Waals surface area contributed by atoms with Gasteiger partial charge in [0, 0.05) is 29.3 Å². The lowest BCUT2D eigenvalue weighted by Crippen LogP contribution is -2.48. The molecule has 0 N–H and O–H groups in total. The third-order valence-corrected chi connectivity index (χ3v) is 5.62. The van der Waals surface area contributed by atoms with Gasteiger partial charge in [-0.2, -0.15) is 0 Å². The molecule has 14 nitrogen and oxygen atoms in total. The minimum absolute atomic E-state index is 0.0219. The number of anilines is 1. The minimum Gasteiger partial charge on any atom is -0.447 e. The quantitative estimate of drug-likeness (QED) is 0.180. The molecule has 0 aliphatic heterocycles. The van der Waals surface area contributed by atoms with Crippen LogP contribution in [-0.2, 0) is 14.2 Å². The third kappa shape index (κ3) is 8.63. The summed E-state index contributed by atoms with van der Waals surface area (Å²) in [6, 6.07) is 9.48. The van der Waals surface area contributed by atoms with Gasteiger partial charge in [-0.25, -0.2) is 19.3 Å². The number of imide groups is 1. The van der Waals surface area contributed by atoms with E-state index in [-0.39, 0.29) is 24.7 Å². The second-order valence-corrected chi connectivity index (χ2v) is 12.7. The summed E-state index contributed by atoms with van der Waals surface area (Å²) >= 11 is 0. The maximum absolute atomic E-state index is 13.3. The summed E-state index contributed by atoms with van der Waals surface area (Å²) in [5, 5.41) is 20.3. The van der Waals surface area contributed by atoms with Crippen molar-refractivity contribution < 1.29 is 33.5 Å². The number of aromatic nitrogens is 3. The summed E-state index contributed by atoms with van der Waals surface area (Å²) in [6.45, 7) is 14.7. The number of hydrogen-bond acceptors (Lipinski definition) is 10. The molecule has 0 saturated carbocycles. The summed E-state index contributed by atoms with van der Waals surface area (Å²) in [4.78, 5) is 51.4. The Kier molecular flexibility index (Phi) is 9.32. The van der Waals surface area contributed by atoms with Crippen LogP contribution in [0.2, 0.25) is 0 Å². The van der Waals surface area contributed by atoms with Gasteiger partial charge in [-0.05, 0) is 86.6 Å². The van der Waals surface area contributed by atoms with Crippen LogP contribution >= 0.6 is 0 Å². The molecule has 232 valence electrons. The van der Waals surface area contributed by atoms with E-state index in [1.165, 1.54) is 17.0 Å². The Morgan fingerprint density at radius 3 is 1.95 bits per heavy atom. The van der Waals surface area contributed by atoms with Crippen LogP contribution in [0.1, 0.15) is 62.3 Å². The number of nitrogens with zero attached hydrogens (tertiary/aromatic N) is 6. The number of ether oxygens (including phenoxy) is 3. The Bertz CT molecular complexity index is 1470. The number of amides is 3. The zero-order chi connectivity index (χ0) is 32.3. The van der Waals surface area contributed by atoms with Gasteiger partial charge >= 0.3 is 18.3 Å². The maximum atomic E-state index is 13.3. The lowest BCUT2D eigenvalue weighted by Gasteiger charge is -2.33. The normalized spacial score (nSPS) is 12.0. The van der Waals surface area contributed by atoms with E-state index in [9.17, 15) is 24.5 Å². The first kappa shape index (κ1) is 32.8. The van der Waals surface area contributed by atoms with Gasteiger partial charge in [-0.1, -0.05) is 0 Å². The average molecular weight is 599 g/mol. The number of benzene rings is 1. The van der Waals surface area contributed by atoms with Crippen molar-refractivity contribution in [1.82, 2.24) is 19.7 Å². The van der Waals surface area contributed by atoms with Gasteiger partial charge in [0.05, 0.1) is 17.0 Å². The molecule has 0 fully saturated rings. The Labute approximate surface area is 249 Å². The first-order valence-electron chi connectivity index (χ1n) is 13.6. The van der Waals surface area contributed by atoms with E-state index >= 15 is 0 Å². The van der Waals surface area contributed by atoms with Crippen LogP contribution in [0.25, 0.3) is 16.7 Å². The van der Waals surface area contributed by atoms with Crippen molar-refractivity contribution in [2.24, 2.45) is 0 Å². The molecule has 0 saturated heterocycles. The van der Waals surface area contributed by atoms with Crippen molar-refractivity contribution in [2.75, 3.05) is 18.1 Å². The molecular formula is C29H38N6O8. The van der Waals surface area contributed by atoms with E-state index < -0.39 is 39.9 Å². The Morgan fingerprint density at radius 2 is 1.47 bits per heavy atom. The molecule has 0 aliphatic rings. The minimum atomic E-state index is -0.931. The molecule has 0 atom stereocenters. The molecule has 2 aromatic heterocycles. The van der Waals surface area contributed by atoms with Crippen molar-refractivity contribution >= 4 is 40.7 Å². The third-order valence-electron chi connectivity index (χ3n) is 5.62. The highest BCUT2D eigenvalue weighted by atomic mass is 16.6.